The van der Waals surface area contributed by atoms with Crippen molar-refractivity contribution in [3.05, 3.63) is 53.9 Å². The highest BCUT2D eigenvalue weighted by Crippen LogP contribution is 2.24. The smallest absolute Gasteiger partial charge is 0.170 e. The number of aromatic hydroxyl groups is 1. The first-order valence-electron chi connectivity index (χ1n) is 5.68. The van der Waals surface area contributed by atoms with Gasteiger partial charge in [0.2, 0.25) is 0 Å². The van der Waals surface area contributed by atoms with Gasteiger partial charge < -0.3 is 10.1 Å². The summed E-state index contributed by atoms with van der Waals surface area (Å²) >= 11 is 0. The number of nitrogens with one attached hydrogen (secondary N) is 1. The predicted octanol–water partition coefficient (Wildman–Crippen LogP) is 3.10. The summed E-state index contributed by atoms with van der Waals surface area (Å²) in [5.41, 5.74) is 1.64. The number of H-pyrrole nitrogens is 1. The van der Waals surface area contributed by atoms with Gasteiger partial charge in [-0.05, 0) is 42.3 Å². The molecule has 0 aliphatic carbocycles. The lowest BCUT2D eigenvalue weighted by Gasteiger charge is -2.12. The Kier molecular flexibility index (Phi) is 3.28. The van der Waals surface area contributed by atoms with Gasteiger partial charge in [0.1, 0.15) is 5.75 Å². The lowest BCUT2D eigenvalue weighted by molar-refractivity contribution is 0.0957. The second-order valence-corrected chi connectivity index (χ2v) is 4.02. The number of rotatable bonds is 4. The molecule has 1 aromatic heterocycles. The lowest BCUT2D eigenvalue weighted by Crippen LogP contribution is -2.11. The van der Waals surface area contributed by atoms with Crippen LogP contribution in [0.3, 0.4) is 0 Å². The quantitative estimate of drug-likeness (QED) is 0.791. The number of phenols is 1. The van der Waals surface area contributed by atoms with Crippen LogP contribution in [0, 0.1) is 0 Å². The highest BCUT2D eigenvalue weighted by molar-refractivity contribution is 6.01. The van der Waals surface area contributed by atoms with E-state index < -0.39 is 0 Å². The summed E-state index contributed by atoms with van der Waals surface area (Å²) in [7, 11) is 0. The van der Waals surface area contributed by atoms with Gasteiger partial charge in [0.15, 0.2) is 5.78 Å². The van der Waals surface area contributed by atoms with Crippen LogP contribution in [0.25, 0.3) is 0 Å². The number of aromatic nitrogens is 1. The van der Waals surface area contributed by atoms with Crippen LogP contribution in [-0.4, -0.2) is 15.9 Å². The molecule has 2 N–H and O–H groups in total. The SMILES string of the molecule is CCC(C(=O)c1ccc(O)cc1)c1cc[nH]c1. The van der Waals surface area contributed by atoms with Crippen LogP contribution in [0.5, 0.6) is 5.75 Å². The van der Waals surface area contributed by atoms with Crippen LogP contribution in [0.1, 0.15) is 35.2 Å². The average Bonchev–Trinajstić information content (AvgIpc) is 2.84. The predicted molar refractivity (Wildman–Crippen MR) is 66.3 cm³/mol. The van der Waals surface area contributed by atoms with Gasteiger partial charge in [0.05, 0.1) is 0 Å². The third-order valence-electron chi connectivity index (χ3n) is 2.90. The number of aromatic amines is 1. The van der Waals surface area contributed by atoms with Crippen LogP contribution in [-0.2, 0) is 0 Å². The number of ketones is 1. The Hall–Kier alpha value is -2.03. The molecule has 3 nitrogen and oxygen atoms in total. The maximum atomic E-state index is 12.3. The normalized spacial score (nSPS) is 12.3. The molecule has 1 unspecified atom stereocenters. The second-order valence-electron chi connectivity index (χ2n) is 4.02. The molecule has 1 aromatic carbocycles. The highest BCUT2D eigenvalue weighted by Gasteiger charge is 2.20. The van der Waals surface area contributed by atoms with Crippen molar-refractivity contribution in [2.24, 2.45) is 0 Å². The Balaban J connectivity index is 2.26. The molecule has 0 aliphatic heterocycles. The molecule has 1 atom stereocenters. The summed E-state index contributed by atoms with van der Waals surface area (Å²) in [5, 5.41) is 9.20. The number of carbonyl (C=O) groups is 1. The zero-order valence-corrected chi connectivity index (χ0v) is 9.68. The Labute approximate surface area is 100 Å². The standard InChI is InChI=1S/C14H15NO2/c1-2-13(11-7-8-15-9-11)14(17)10-3-5-12(16)6-4-10/h3-9,13,15-16H,2H2,1H3. The second kappa shape index (κ2) is 4.87. The van der Waals surface area contributed by atoms with E-state index in [1.165, 1.54) is 12.1 Å². The molecule has 0 radical (unpaired) electrons. The van der Waals surface area contributed by atoms with Gasteiger partial charge in [0.25, 0.3) is 0 Å². The molecule has 2 rings (SSSR count). The summed E-state index contributed by atoms with van der Waals surface area (Å²) in [5.74, 6) is 0.147. The Morgan fingerprint density at radius 3 is 2.53 bits per heavy atom. The molecule has 0 bridgehead atoms. The molecule has 0 spiro atoms. The monoisotopic (exact) mass is 229 g/mol. The van der Waals surface area contributed by atoms with E-state index >= 15 is 0 Å². The van der Waals surface area contributed by atoms with E-state index in [0.29, 0.717) is 5.56 Å². The molecule has 88 valence electrons. The fraction of sp³-hybridized carbons (Fsp3) is 0.214. The van der Waals surface area contributed by atoms with Crippen LogP contribution in [0.4, 0.5) is 0 Å². The Morgan fingerprint density at radius 2 is 2.00 bits per heavy atom. The van der Waals surface area contributed by atoms with Crippen LogP contribution >= 0.6 is 0 Å². The first kappa shape index (κ1) is 11.5. The van der Waals surface area contributed by atoms with Crippen molar-refractivity contribution in [3.63, 3.8) is 0 Å². The highest BCUT2D eigenvalue weighted by atomic mass is 16.3. The van der Waals surface area contributed by atoms with E-state index in [4.69, 9.17) is 0 Å². The van der Waals surface area contributed by atoms with Crippen molar-refractivity contribution in [2.75, 3.05) is 0 Å². The summed E-state index contributed by atoms with van der Waals surface area (Å²) in [4.78, 5) is 15.3. The molecule has 0 saturated heterocycles. The molecular formula is C14H15NO2. The molecule has 17 heavy (non-hydrogen) atoms. The van der Waals surface area contributed by atoms with Crippen molar-refractivity contribution >= 4 is 5.78 Å². The maximum Gasteiger partial charge on any atom is 0.170 e. The molecule has 3 heteroatoms. The number of carbonyl (C=O) groups excluding carboxylic acids is 1. The minimum Gasteiger partial charge on any atom is -0.508 e. The van der Waals surface area contributed by atoms with Crippen molar-refractivity contribution in [1.82, 2.24) is 4.98 Å². The number of hydrogen-bond acceptors (Lipinski definition) is 2. The molecule has 0 amide bonds. The lowest BCUT2D eigenvalue weighted by atomic mass is 9.90. The zero-order valence-electron chi connectivity index (χ0n) is 9.68. The van der Waals surface area contributed by atoms with Gasteiger partial charge in [0, 0.05) is 23.9 Å². The minimum absolute atomic E-state index is 0.0899. The zero-order chi connectivity index (χ0) is 12.3. The fourth-order valence-corrected chi connectivity index (χ4v) is 1.95. The van der Waals surface area contributed by atoms with Crippen molar-refractivity contribution in [3.8, 4) is 5.75 Å². The van der Waals surface area contributed by atoms with E-state index in [9.17, 15) is 9.90 Å². The number of hydrogen-bond donors (Lipinski definition) is 2. The van der Waals surface area contributed by atoms with E-state index in [2.05, 4.69) is 4.98 Å². The van der Waals surface area contributed by atoms with Gasteiger partial charge >= 0.3 is 0 Å². The van der Waals surface area contributed by atoms with Gasteiger partial charge in [-0.1, -0.05) is 6.92 Å². The largest absolute Gasteiger partial charge is 0.508 e. The number of phenolic OH excluding ortho intramolecular Hbond substituents is 1. The first-order chi connectivity index (χ1) is 8.22. The Bertz CT molecular complexity index is 485. The van der Waals surface area contributed by atoms with Crippen molar-refractivity contribution in [1.29, 1.82) is 0 Å². The van der Waals surface area contributed by atoms with E-state index in [0.717, 1.165) is 12.0 Å². The topological polar surface area (TPSA) is 53.1 Å². The van der Waals surface area contributed by atoms with Gasteiger partial charge in [-0.15, -0.1) is 0 Å². The first-order valence-corrected chi connectivity index (χ1v) is 5.68. The number of benzene rings is 1. The maximum absolute atomic E-state index is 12.3. The van der Waals surface area contributed by atoms with Crippen LogP contribution in [0.15, 0.2) is 42.7 Å². The molecule has 0 fully saturated rings. The summed E-state index contributed by atoms with van der Waals surface area (Å²) in [6.45, 7) is 2.00. The third-order valence-corrected chi connectivity index (χ3v) is 2.90. The average molecular weight is 229 g/mol. The third kappa shape index (κ3) is 2.38. The fourth-order valence-electron chi connectivity index (χ4n) is 1.95. The van der Waals surface area contributed by atoms with Crippen molar-refractivity contribution < 1.29 is 9.90 Å². The van der Waals surface area contributed by atoms with Crippen LogP contribution < -0.4 is 0 Å². The van der Waals surface area contributed by atoms with Gasteiger partial charge in [-0.3, -0.25) is 4.79 Å². The molecular weight excluding hydrogens is 214 g/mol. The minimum atomic E-state index is -0.120. The van der Waals surface area contributed by atoms with E-state index in [-0.39, 0.29) is 17.5 Å². The summed E-state index contributed by atoms with van der Waals surface area (Å²) < 4.78 is 0. The number of Topliss-reactive ketones (excluding diaryl/α,β-unsaturated/α-hetero) is 1. The molecule has 2 aromatic rings. The summed E-state index contributed by atoms with van der Waals surface area (Å²) in [6.07, 6.45) is 4.44. The molecule has 0 saturated carbocycles. The van der Waals surface area contributed by atoms with E-state index in [1.807, 2.05) is 25.4 Å². The van der Waals surface area contributed by atoms with E-state index in [1.54, 1.807) is 12.1 Å². The summed E-state index contributed by atoms with van der Waals surface area (Å²) in [6, 6.07) is 8.32. The van der Waals surface area contributed by atoms with Crippen molar-refractivity contribution in [2.45, 2.75) is 19.3 Å². The Morgan fingerprint density at radius 1 is 1.29 bits per heavy atom. The van der Waals surface area contributed by atoms with Crippen LogP contribution in [0.2, 0.25) is 0 Å². The van der Waals surface area contributed by atoms with Gasteiger partial charge in [-0.2, -0.15) is 0 Å². The molecule has 1 heterocycles. The van der Waals surface area contributed by atoms with Gasteiger partial charge in [-0.25, -0.2) is 0 Å². The molecule has 0 aliphatic rings.